The molecular weight excluding hydrogens is 302 g/mol. The van der Waals surface area contributed by atoms with Gasteiger partial charge in [0.1, 0.15) is 11.5 Å². The summed E-state index contributed by atoms with van der Waals surface area (Å²) in [6, 6.07) is 3.38. The number of amides is 1. The third-order valence-corrected chi connectivity index (χ3v) is 4.75. The molecule has 7 heteroatoms. The van der Waals surface area contributed by atoms with E-state index in [1.807, 2.05) is 13.0 Å². The molecule has 0 aromatic carbocycles. The van der Waals surface area contributed by atoms with Gasteiger partial charge in [-0.3, -0.25) is 14.8 Å². The van der Waals surface area contributed by atoms with Crippen LogP contribution < -0.4 is 0 Å². The number of hydrazine groups is 1. The summed E-state index contributed by atoms with van der Waals surface area (Å²) in [5.74, 6) is -0.501. The quantitative estimate of drug-likeness (QED) is 0.855. The molecule has 5 nitrogen and oxygen atoms in total. The van der Waals surface area contributed by atoms with Crippen molar-refractivity contribution in [2.24, 2.45) is 5.41 Å². The molecule has 0 bridgehead atoms. The highest BCUT2D eigenvalue weighted by Crippen LogP contribution is 2.47. The van der Waals surface area contributed by atoms with E-state index in [4.69, 9.17) is 5.26 Å². The summed E-state index contributed by atoms with van der Waals surface area (Å²) in [5, 5.41) is 12.2. The van der Waals surface area contributed by atoms with Crippen molar-refractivity contribution in [3.05, 3.63) is 29.6 Å². The van der Waals surface area contributed by atoms with Gasteiger partial charge in [-0.15, -0.1) is 0 Å². The first kappa shape index (κ1) is 15.8. The van der Waals surface area contributed by atoms with Crippen LogP contribution in [0.3, 0.4) is 0 Å². The number of alkyl halides is 2. The van der Waals surface area contributed by atoms with Crippen molar-refractivity contribution in [1.29, 1.82) is 5.26 Å². The molecule has 3 rings (SSSR count). The standard InChI is InChI=1S/C16H18F2N4O/c1-2-4-16(14(17)18)10-21-5-3-13(22(21)15(16)23)12-6-11(7-19)8-20-9-12/h6,8-9,13-14H,2-5,10H2,1H3/t13-,16+/m1/s1. The normalized spacial score (nSPS) is 27.5. The largest absolute Gasteiger partial charge is 0.272 e. The zero-order valence-corrected chi connectivity index (χ0v) is 12.9. The number of halogens is 2. The Balaban J connectivity index is 1.94. The molecule has 2 aliphatic rings. The van der Waals surface area contributed by atoms with Crippen LogP contribution in [0, 0.1) is 16.7 Å². The van der Waals surface area contributed by atoms with E-state index in [0.29, 0.717) is 24.9 Å². The van der Waals surface area contributed by atoms with E-state index in [2.05, 4.69) is 4.98 Å². The number of fused-ring (bicyclic) bond motifs is 1. The Hall–Kier alpha value is -2.07. The second-order valence-electron chi connectivity index (χ2n) is 6.17. The van der Waals surface area contributed by atoms with E-state index < -0.39 is 17.7 Å². The maximum atomic E-state index is 13.7. The predicted molar refractivity (Wildman–Crippen MR) is 78.1 cm³/mol. The van der Waals surface area contributed by atoms with Gasteiger partial charge in [-0.25, -0.2) is 13.8 Å². The number of hydrogen-bond donors (Lipinski definition) is 0. The minimum atomic E-state index is -2.68. The van der Waals surface area contributed by atoms with E-state index in [-0.39, 0.29) is 19.0 Å². The molecule has 0 spiro atoms. The van der Waals surface area contributed by atoms with Crippen LogP contribution in [0.25, 0.3) is 0 Å². The molecule has 2 fully saturated rings. The molecule has 122 valence electrons. The van der Waals surface area contributed by atoms with Gasteiger partial charge in [-0.2, -0.15) is 5.26 Å². The summed E-state index contributed by atoms with van der Waals surface area (Å²) in [4.78, 5) is 16.8. The smallest absolute Gasteiger partial charge is 0.254 e. The Morgan fingerprint density at radius 2 is 2.30 bits per heavy atom. The van der Waals surface area contributed by atoms with Crippen LogP contribution in [-0.2, 0) is 4.79 Å². The second kappa shape index (κ2) is 5.85. The molecule has 2 saturated heterocycles. The lowest BCUT2D eigenvalue weighted by Gasteiger charge is -2.28. The summed E-state index contributed by atoms with van der Waals surface area (Å²) in [7, 11) is 0. The van der Waals surface area contributed by atoms with Crippen molar-refractivity contribution in [1.82, 2.24) is 15.0 Å². The van der Waals surface area contributed by atoms with Gasteiger partial charge in [0.05, 0.1) is 11.6 Å². The molecular formula is C16H18F2N4O. The van der Waals surface area contributed by atoms with Crippen LogP contribution in [0.15, 0.2) is 18.5 Å². The number of carbonyl (C=O) groups is 1. The molecule has 23 heavy (non-hydrogen) atoms. The van der Waals surface area contributed by atoms with Crippen molar-refractivity contribution in [2.45, 2.75) is 38.7 Å². The van der Waals surface area contributed by atoms with E-state index in [9.17, 15) is 13.6 Å². The molecule has 0 N–H and O–H groups in total. The number of nitrogens with zero attached hydrogens (tertiary/aromatic N) is 4. The van der Waals surface area contributed by atoms with Gasteiger partial charge >= 0.3 is 0 Å². The van der Waals surface area contributed by atoms with E-state index in [1.54, 1.807) is 17.3 Å². The molecule has 1 aromatic rings. The van der Waals surface area contributed by atoms with E-state index >= 15 is 0 Å². The molecule has 0 saturated carbocycles. The van der Waals surface area contributed by atoms with Gasteiger partial charge in [0, 0.05) is 25.5 Å². The van der Waals surface area contributed by atoms with Gasteiger partial charge in [0.15, 0.2) is 0 Å². The van der Waals surface area contributed by atoms with Crippen LogP contribution in [0.5, 0.6) is 0 Å². The average molecular weight is 320 g/mol. The Labute approximate surface area is 133 Å². The molecule has 2 atom stereocenters. The monoisotopic (exact) mass is 320 g/mol. The molecule has 3 heterocycles. The zero-order valence-electron chi connectivity index (χ0n) is 12.9. The highest BCUT2D eigenvalue weighted by molar-refractivity contribution is 5.85. The van der Waals surface area contributed by atoms with Crippen LogP contribution in [0.2, 0.25) is 0 Å². The Morgan fingerprint density at radius 3 is 2.96 bits per heavy atom. The summed E-state index contributed by atoms with van der Waals surface area (Å²) in [6.07, 6.45) is 1.75. The molecule has 1 amide bonds. The Kier molecular flexibility index (Phi) is 4.02. The van der Waals surface area contributed by atoms with Crippen LogP contribution in [-0.4, -0.2) is 40.4 Å². The van der Waals surface area contributed by atoms with Crippen LogP contribution >= 0.6 is 0 Å². The van der Waals surface area contributed by atoms with Crippen molar-refractivity contribution < 1.29 is 13.6 Å². The molecule has 0 radical (unpaired) electrons. The highest BCUT2D eigenvalue weighted by Gasteiger charge is 2.59. The molecule has 2 aliphatic heterocycles. The van der Waals surface area contributed by atoms with Gasteiger partial charge in [-0.1, -0.05) is 13.3 Å². The Bertz CT molecular complexity index is 660. The third kappa shape index (κ3) is 2.38. The van der Waals surface area contributed by atoms with Crippen molar-refractivity contribution in [3.8, 4) is 6.07 Å². The number of hydrogen-bond acceptors (Lipinski definition) is 4. The number of pyridine rings is 1. The first-order chi connectivity index (χ1) is 11.0. The maximum Gasteiger partial charge on any atom is 0.254 e. The number of nitriles is 1. The zero-order chi connectivity index (χ0) is 16.6. The highest BCUT2D eigenvalue weighted by atomic mass is 19.3. The average Bonchev–Trinajstić information content (AvgIpc) is 3.07. The van der Waals surface area contributed by atoms with Crippen molar-refractivity contribution in [3.63, 3.8) is 0 Å². The van der Waals surface area contributed by atoms with Crippen molar-refractivity contribution >= 4 is 5.91 Å². The topological polar surface area (TPSA) is 60.2 Å². The predicted octanol–water partition coefficient (Wildman–Crippen LogP) is 2.51. The lowest BCUT2D eigenvalue weighted by molar-refractivity contribution is -0.149. The fourth-order valence-corrected chi connectivity index (χ4v) is 3.66. The Morgan fingerprint density at radius 1 is 1.52 bits per heavy atom. The van der Waals surface area contributed by atoms with Crippen LogP contribution in [0.1, 0.15) is 43.4 Å². The summed E-state index contributed by atoms with van der Waals surface area (Å²) >= 11 is 0. The van der Waals surface area contributed by atoms with Crippen LogP contribution in [0.4, 0.5) is 8.78 Å². The SMILES string of the molecule is CCC[C@@]1(C(F)F)CN2CC[C@H](c3cncc(C#N)c3)N2C1=O. The minimum Gasteiger partial charge on any atom is -0.272 e. The first-order valence-electron chi connectivity index (χ1n) is 7.75. The van der Waals surface area contributed by atoms with E-state index in [1.165, 1.54) is 11.2 Å². The van der Waals surface area contributed by atoms with Gasteiger partial charge in [-0.05, 0) is 24.5 Å². The maximum absolute atomic E-state index is 13.7. The van der Waals surface area contributed by atoms with Gasteiger partial charge < -0.3 is 0 Å². The summed E-state index contributed by atoms with van der Waals surface area (Å²) in [6.45, 7) is 2.44. The summed E-state index contributed by atoms with van der Waals surface area (Å²) < 4.78 is 27.3. The van der Waals surface area contributed by atoms with Gasteiger partial charge in [0.25, 0.3) is 12.3 Å². The minimum absolute atomic E-state index is 0.0687. The lowest BCUT2D eigenvalue weighted by atomic mass is 9.83. The summed E-state index contributed by atoms with van der Waals surface area (Å²) in [5.41, 5.74) is -0.476. The molecule has 0 unspecified atom stereocenters. The molecule has 0 aliphatic carbocycles. The number of carbonyl (C=O) groups excluding carboxylic acids is 1. The fourth-order valence-electron chi connectivity index (χ4n) is 3.66. The van der Waals surface area contributed by atoms with Gasteiger partial charge in [0.2, 0.25) is 0 Å². The first-order valence-corrected chi connectivity index (χ1v) is 7.75. The fraction of sp³-hybridized carbons (Fsp3) is 0.562. The third-order valence-electron chi connectivity index (χ3n) is 4.75. The second-order valence-corrected chi connectivity index (χ2v) is 6.17. The number of rotatable bonds is 4. The molecule has 1 aromatic heterocycles. The van der Waals surface area contributed by atoms with E-state index in [0.717, 1.165) is 5.56 Å². The lowest BCUT2D eigenvalue weighted by Crippen LogP contribution is -2.41. The van der Waals surface area contributed by atoms with Crippen molar-refractivity contribution in [2.75, 3.05) is 13.1 Å². The number of aromatic nitrogens is 1.